The van der Waals surface area contributed by atoms with Gasteiger partial charge in [-0.2, -0.15) is 4.57 Å². The quantitative estimate of drug-likeness (QED) is 0.676. The molecule has 110 valence electrons. The van der Waals surface area contributed by atoms with Gasteiger partial charge in [0.05, 0.1) is 19.6 Å². The Hall–Kier alpha value is -2.55. The van der Waals surface area contributed by atoms with Crippen LogP contribution in [-0.2, 0) is 13.0 Å². The lowest BCUT2D eigenvalue weighted by atomic mass is 9.95. The van der Waals surface area contributed by atoms with E-state index in [2.05, 4.69) is 35.0 Å². The van der Waals surface area contributed by atoms with E-state index in [1.165, 1.54) is 22.2 Å². The van der Waals surface area contributed by atoms with Gasteiger partial charge in [0.25, 0.3) is 0 Å². The number of pyridine rings is 1. The van der Waals surface area contributed by atoms with Gasteiger partial charge >= 0.3 is 0 Å². The molecule has 1 aliphatic heterocycles. The first-order chi connectivity index (χ1) is 10.8. The lowest BCUT2D eigenvalue weighted by Crippen LogP contribution is -2.40. The average molecular weight is 292 g/mol. The standard InChI is InChI=1S/C19H18NO2/c1-21-15-6-7-16-14(10-15)8-9-20-12-17-13(11-18(16)20)4-3-5-19(17)22-2/h3-7,10-12H,8-9H2,1-2H3/q+1. The minimum atomic E-state index is 0.924. The third-order valence-corrected chi connectivity index (χ3v) is 4.42. The number of methoxy groups -OCH3 is 2. The van der Waals surface area contributed by atoms with Crippen LogP contribution in [0.2, 0.25) is 0 Å². The maximum atomic E-state index is 5.49. The number of aryl methyl sites for hydroxylation is 2. The molecule has 3 aromatic rings. The van der Waals surface area contributed by atoms with E-state index in [9.17, 15) is 0 Å². The highest BCUT2D eigenvalue weighted by atomic mass is 16.5. The summed E-state index contributed by atoms with van der Waals surface area (Å²) >= 11 is 0. The van der Waals surface area contributed by atoms with Gasteiger partial charge in [0.15, 0.2) is 12.7 Å². The highest BCUT2D eigenvalue weighted by Gasteiger charge is 2.24. The third kappa shape index (κ3) is 1.93. The molecule has 0 aliphatic carbocycles. The molecule has 0 N–H and O–H groups in total. The Balaban J connectivity index is 1.95. The number of aromatic nitrogens is 1. The first-order valence-electron chi connectivity index (χ1n) is 7.47. The first-order valence-corrected chi connectivity index (χ1v) is 7.47. The fourth-order valence-corrected chi connectivity index (χ4v) is 3.27. The Kier molecular flexibility index (Phi) is 3.00. The Bertz CT molecular complexity index is 871. The molecule has 0 saturated carbocycles. The summed E-state index contributed by atoms with van der Waals surface area (Å²) in [5, 5.41) is 2.36. The summed E-state index contributed by atoms with van der Waals surface area (Å²) in [4.78, 5) is 0. The molecule has 0 fully saturated rings. The van der Waals surface area contributed by atoms with Crippen LogP contribution >= 0.6 is 0 Å². The van der Waals surface area contributed by atoms with Crippen molar-refractivity contribution >= 4 is 10.8 Å². The van der Waals surface area contributed by atoms with E-state index in [0.717, 1.165) is 29.9 Å². The largest absolute Gasteiger partial charge is 0.497 e. The molecule has 0 unspecified atom stereocenters. The molecule has 0 radical (unpaired) electrons. The van der Waals surface area contributed by atoms with Crippen LogP contribution in [0.3, 0.4) is 0 Å². The molecular formula is C19H18NO2+. The summed E-state index contributed by atoms with van der Waals surface area (Å²) in [6, 6.07) is 14.8. The predicted octanol–water partition coefficient (Wildman–Crippen LogP) is 3.37. The zero-order valence-electron chi connectivity index (χ0n) is 12.8. The van der Waals surface area contributed by atoms with Crippen molar-refractivity contribution in [3.05, 3.63) is 54.2 Å². The van der Waals surface area contributed by atoms with Crippen LogP contribution in [-0.4, -0.2) is 14.2 Å². The van der Waals surface area contributed by atoms with Crippen molar-refractivity contribution in [1.29, 1.82) is 0 Å². The molecule has 3 nitrogen and oxygen atoms in total. The molecule has 2 aromatic carbocycles. The highest BCUT2D eigenvalue weighted by Crippen LogP contribution is 2.32. The Morgan fingerprint density at radius 2 is 1.91 bits per heavy atom. The van der Waals surface area contributed by atoms with Crippen LogP contribution in [0.25, 0.3) is 22.0 Å². The SMILES string of the molecule is COc1ccc2c(c1)CC[n+]1cc3c(OC)cccc3cc1-2. The molecule has 1 aromatic heterocycles. The molecule has 1 aliphatic rings. The van der Waals surface area contributed by atoms with Crippen LogP contribution in [0.5, 0.6) is 11.5 Å². The summed E-state index contributed by atoms with van der Waals surface area (Å²) < 4.78 is 13.2. The molecule has 22 heavy (non-hydrogen) atoms. The maximum absolute atomic E-state index is 5.49. The van der Waals surface area contributed by atoms with Crippen molar-refractivity contribution in [2.24, 2.45) is 0 Å². The van der Waals surface area contributed by atoms with Crippen molar-refractivity contribution in [3.8, 4) is 22.8 Å². The Labute approximate surface area is 129 Å². The minimum Gasteiger partial charge on any atom is -0.497 e. The van der Waals surface area contributed by atoms with Crippen LogP contribution < -0.4 is 14.0 Å². The van der Waals surface area contributed by atoms with Crippen LogP contribution in [0.1, 0.15) is 5.56 Å². The van der Waals surface area contributed by atoms with E-state index >= 15 is 0 Å². The number of ether oxygens (including phenoxy) is 2. The molecule has 0 saturated heterocycles. The van der Waals surface area contributed by atoms with Crippen molar-refractivity contribution in [2.75, 3.05) is 14.2 Å². The van der Waals surface area contributed by atoms with Crippen LogP contribution in [0.15, 0.2) is 48.7 Å². The molecule has 3 heteroatoms. The smallest absolute Gasteiger partial charge is 0.213 e. The summed E-state index contributed by atoms with van der Waals surface area (Å²) in [5.74, 6) is 1.85. The van der Waals surface area contributed by atoms with Gasteiger partial charge in [0.2, 0.25) is 5.69 Å². The van der Waals surface area contributed by atoms with Crippen LogP contribution in [0, 0.1) is 0 Å². The number of hydrogen-bond acceptors (Lipinski definition) is 2. The van der Waals surface area contributed by atoms with E-state index in [-0.39, 0.29) is 0 Å². The third-order valence-electron chi connectivity index (χ3n) is 4.42. The lowest BCUT2D eigenvalue weighted by molar-refractivity contribution is -0.686. The van der Waals surface area contributed by atoms with Gasteiger partial charge in [0.1, 0.15) is 11.5 Å². The lowest BCUT2D eigenvalue weighted by Gasteiger charge is -2.16. The van der Waals surface area contributed by atoms with E-state index < -0.39 is 0 Å². The molecule has 0 spiro atoms. The van der Waals surface area contributed by atoms with Crippen molar-refractivity contribution < 1.29 is 14.0 Å². The molecule has 0 atom stereocenters. The number of hydrogen-bond donors (Lipinski definition) is 0. The predicted molar refractivity (Wildman–Crippen MR) is 86.4 cm³/mol. The van der Waals surface area contributed by atoms with Crippen molar-refractivity contribution in [1.82, 2.24) is 0 Å². The topological polar surface area (TPSA) is 22.3 Å². The normalized spacial score (nSPS) is 12.6. The number of benzene rings is 2. The second-order valence-electron chi connectivity index (χ2n) is 5.59. The summed E-state index contributed by atoms with van der Waals surface area (Å²) in [6.07, 6.45) is 3.22. The maximum Gasteiger partial charge on any atom is 0.213 e. The van der Waals surface area contributed by atoms with E-state index in [1.54, 1.807) is 14.2 Å². The average Bonchev–Trinajstić information content (AvgIpc) is 2.58. The fraction of sp³-hybridized carbons (Fsp3) is 0.211. The van der Waals surface area contributed by atoms with Gasteiger partial charge in [-0.3, -0.25) is 0 Å². The van der Waals surface area contributed by atoms with Gasteiger partial charge < -0.3 is 9.47 Å². The number of rotatable bonds is 2. The molecule has 4 rings (SSSR count). The Morgan fingerprint density at radius 1 is 1.00 bits per heavy atom. The van der Waals surface area contributed by atoms with E-state index in [1.807, 2.05) is 18.2 Å². The van der Waals surface area contributed by atoms with E-state index in [4.69, 9.17) is 9.47 Å². The van der Waals surface area contributed by atoms with E-state index in [0.29, 0.717) is 0 Å². The van der Waals surface area contributed by atoms with Crippen LogP contribution in [0.4, 0.5) is 0 Å². The monoisotopic (exact) mass is 292 g/mol. The molecule has 0 bridgehead atoms. The number of nitrogens with zero attached hydrogens (tertiary/aromatic N) is 1. The molecule has 2 heterocycles. The molecular weight excluding hydrogens is 274 g/mol. The van der Waals surface area contributed by atoms with Gasteiger partial charge in [-0.1, -0.05) is 12.1 Å². The highest BCUT2D eigenvalue weighted by molar-refractivity contribution is 5.89. The zero-order valence-corrected chi connectivity index (χ0v) is 12.8. The second-order valence-corrected chi connectivity index (χ2v) is 5.59. The zero-order chi connectivity index (χ0) is 15.1. The second kappa shape index (κ2) is 5.02. The van der Waals surface area contributed by atoms with Gasteiger partial charge in [-0.25, -0.2) is 0 Å². The van der Waals surface area contributed by atoms with Crippen molar-refractivity contribution in [3.63, 3.8) is 0 Å². The van der Waals surface area contributed by atoms with Gasteiger partial charge in [-0.05, 0) is 35.2 Å². The molecule has 0 amide bonds. The van der Waals surface area contributed by atoms with Gasteiger partial charge in [0, 0.05) is 18.1 Å². The first kappa shape index (κ1) is 13.1. The fourth-order valence-electron chi connectivity index (χ4n) is 3.27. The summed E-state index contributed by atoms with van der Waals surface area (Å²) in [5.41, 5.74) is 3.89. The van der Waals surface area contributed by atoms with Gasteiger partial charge in [-0.15, -0.1) is 0 Å². The minimum absolute atomic E-state index is 0.924. The summed E-state index contributed by atoms with van der Waals surface area (Å²) in [6.45, 7) is 0.976. The number of fused-ring (bicyclic) bond motifs is 4. The Morgan fingerprint density at radius 3 is 2.73 bits per heavy atom. The summed E-state index contributed by atoms with van der Waals surface area (Å²) in [7, 11) is 3.44. The van der Waals surface area contributed by atoms with Crippen molar-refractivity contribution in [2.45, 2.75) is 13.0 Å².